The second-order valence-corrected chi connectivity index (χ2v) is 5.13. The van der Waals surface area contributed by atoms with Gasteiger partial charge in [0, 0.05) is 16.6 Å². The summed E-state index contributed by atoms with van der Waals surface area (Å²) in [5, 5.41) is 0. The number of fused-ring (bicyclic) bond motifs is 1. The summed E-state index contributed by atoms with van der Waals surface area (Å²) in [6.45, 7) is 0. The van der Waals surface area contributed by atoms with E-state index in [9.17, 15) is 4.39 Å². The molecule has 0 unspecified atom stereocenters. The van der Waals surface area contributed by atoms with E-state index in [2.05, 4.69) is 4.98 Å². The number of nitrogens with zero attached hydrogens (tertiary/aromatic N) is 1. The van der Waals surface area contributed by atoms with Crippen LogP contribution in [0.4, 0.5) is 10.1 Å². The molecular formula is C14H11FN2OS. The normalized spacial score (nSPS) is 11.0. The minimum Gasteiger partial charge on any atom is -0.440 e. The lowest BCUT2D eigenvalue weighted by atomic mass is 10.3. The predicted octanol–water partition coefficient (Wildman–Crippen LogP) is 3.84. The number of thioether (sulfide) groups is 1. The van der Waals surface area contributed by atoms with E-state index >= 15 is 0 Å². The fourth-order valence-corrected chi connectivity index (χ4v) is 2.54. The van der Waals surface area contributed by atoms with E-state index in [-0.39, 0.29) is 5.82 Å². The maximum Gasteiger partial charge on any atom is 0.205 e. The third-order valence-electron chi connectivity index (χ3n) is 2.62. The van der Waals surface area contributed by atoms with Gasteiger partial charge in [-0.05, 0) is 30.3 Å². The van der Waals surface area contributed by atoms with Crippen LogP contribution in [0.5, 0.6) is 0 Å². The summed E-state index contributed by atoms with van der Waals surface area (Å²) < 4.78 is 18.6. The number of rotatable bonds is 3. The van der Waals surface area contributed by atoms with E-state index in [4.69, 9.17) is 10.2 Å². The average molecular weight is 274 g/mol. The van der Waals surface area contributed by atoms with Crippen LogP contribution in [-0.4, -0.2) is 4.98 Å². The fourth-order valence-electron chi connectivity index (χ4n) is 1.75. The Morgan fingerprint density at radius 1 is 1.21 bits per heavy atom. The molecule has 2 N–H and O–H groups in total. The quantitative estimate of drug-likeness (QED) is 0.582. The van der Waals surface area contributed by atoms with Crippen LogP contribution in [-0.2, 0) is 5.75 Å². The van der Waals surface area contributed by atoms with Crippen molar-refractivity contribution < 1.29 is 8.81 Å². The van der Waals surface area contributed by atoms with Crippen LogP contribution in [0.15, 0.2) is 51.8 Å². The van der Waals surface area contributed by atoms with Gasteiger partial charge in [0.2, 0.25) is 5.89 Å². The Hall–Kier alpha value is -2.01. The molecule has 0 spiro atoms. The van der Waals surface area contributed by atoms with Crippen molar-refractivity contribution in [3.8, 4) is 0 Å². The van der Waals surface area contributed by atoms with E-state index < -0.39 is 0 Å². The van der Waals surface area contributed by atoms with Crippen molar-refractivity contribution in [3.05, 3.63) is 54.2 Å². The highest BCUT2D eigenvalue weighted by Crippen LogP contribution is 2.25. The van der Waals surface area contributed by atoms with E-state index in [1.807, 2.05) is 12.1 Å². The fraction of sp³-hybridized carbons (Fsp3) is 0.0714. The molecule has 0 amide bonds. The molecule has 0 saturated carbocycles. The molecule has 0 aliphatic carbocycles. The molecule has 19 heavy (non-hydrogen) atoms. The predicted molar refractivity (Wildman–Crippen MR) is 74.4 cm³/mol. The molecule has 3 rings (SSSR count). The second kappa shape index (κ2) is 4.93. The summed E-state index contributed by atoms with van der Waals surface area (Å²) in [4.78, 5) is 5.20. The minimum atomic E-state index is -0.240. The third kappa shape index (κ3) is 2.71. The van der Waals surface area contributed by atoms with Crippen molar-refractivity contribution in [1.29, 1.82) is 0 Å². The summed E-state index contributed by atoms with van der Waals surface area (Å²) in [5.41, 5.74) is 7.78. The van der Waals surface area contributed by atoms with Gasteiger partial charge in [0.15, 0.2) is 5.58 Å². The standard InChI is InChI=1S/C14H11FN2OS/c15-9-2-1-3-11(6-9)19-8-14-17-12-5-4-10(16)7-13(12)18-14/h1-7H,8,16H2. The number of halogens is 1. The molecule has 96 valence electrons. The summed E-state index contributed by atoms with van der Waals surface area (Å²) >= 11 is 1.48. The molecule has 1 aromatic heterocycles. The Morgan fingerprint density at radius 2 is 2.11 bits per heavy atom. The van der Waals surface area contributed by atoms with Gasteiger partial charge < -0.3 is 10.2 Å². The molecule has 3 nitrogen and oxygen atoms in total. The Balaban J connectivity index is 1.78. The molecule has 0 aliphatic heterocycles. The first-order valence-corrected chi connectivity index (χ1v) is 6.72. The lowest BCUT2D eigenvalue weighted by Crippen LogP contribution is -1.82. The Labute approximate surface area is 113 Å². The molecule has 0 aliphatic rings. The number of anilines is 1. The largest absolute Gasteiger partial charge is 0.440 e. The molecule has 0 bridgehead atoms. The van der Waals surface area contributed by atoms with Gasteiger partial charge in [-0.15, -0.1) is 11.8 Å². The summed E-state index contributed by atoms with van der Waals surface area (Å²) in [6.07, 6.45) is 0. The lowest BCUT2D eigenvalue weighted by Gasteiger charge is -1.98. The average Bonchev–Trinajstić information content (AvgIpc) is 2.78. The molecule has 0 atom stereocenters. The van der Waals surface area contributed by atoms with Crippen molar-refractivity contribution in [3.63, 3.8) is 0 Å². The van der Waals surface area contributed by atoms with E-state index in [1.54, 1.807) is 18.2 Å². The van der Waals surface area contributed by atoms with E-state index in [0.717, 1.165) is 10.4 Å². The van der Waals surface area contributed by atoms with Gasteiger partial charge in [-0.25, -0.2) is 9.37 Å². The van der Waals surface area contributed by atoms with Gasteiger partial charge in [0.1, 0.15) is 11.3 Å². The maximum atomic E-state index is 13.0. The number of oxazole rings is 1. The molecule has 0 radical (unpaired) electrons. The summed E-state index contributed by atoms with van der Waals surface area (Å²) in [7, 11) is 0. The summed E-state index contributed by atoms with van der Waals surface area (Å²) in [5.74, 6) is 0.920. The van der Waals surface area contributed by atoms with Gasteiger partial charge >= 0.3 is 0 Å². The van der Waals surface area contributed by atoms with Crippen molar-refractivity contribution in [2.75, 3.05) is 5.73 Å². The Kier molecular flexibility index (Phi) is 3.13. The smallest absolute Gasteiger partial charge is 0.205 e. The molecule has 0 saturated heterocycles. The number of benzene rings is 2. The third-order valence-corrected chi connectivity index (χ3v) is 3.59. The Morgan fingerprint density at radius 3 is 2.95 bits per heavy atom. The summed E-state index contributed by atoms with van der Waals surface area (Å²) in [6, 6.07) is 11.8. The molecular weight excluding hydrogens is 263 g/mol. The number of hydrogen-bond acceptors (Lipinski definition) is 4. The lowest BCUT2D eigenvalue weighted by molar-refractivity contribution is 0.556. The number of aromatic nitrogens is 1. The van der Waals surface area contributed by atoms with Crippen molar-refractivity contribution in [2.24, 2.45) is 0 Å². The first-order chi connectivity index (χ1) is 9.20. The topological polar surface area (TPSA) is 52.0 Å². The minimum absolute atomic E-state index is 0.240. The zero-order valence-corrected chi connectivity index (χ0v) is 10.8. The highest BCUT2D eigenvalue weighted by atomic mass is 32.2. The molecule has 2 aromatic carbocycles. The number of nitrogen functional groups attached to an aromatic ring is 1. The van der Waals surface area contributed by atoms with Gasteiger partial charge in [-0.1, -0.05) is 6.07 Å². The van der Waals surface area contributed by atoms with Gasteiger partial charge in [0.05, 0.1) is 5.75 Å². The van der Waals surface area contributed by atoms with Crippen LogP contribution in [0.1, 0.15) is 5.89 Å². The second-order valence-electron chi connectivity index (χ2n) is 4.08. The van der Waals surface area contributed by atoms with Crippen molar-refractivity contribution in [2.45, 2.75) is 10.6 Å². The van der Waals surface area contributed by atoms with Gasteiger partial charge in [0.25, 0.3) is 0 Å². The first kappa shape index (κ1) is 12.0. The zero-order valence-electron chi connectivity index (χ0n) is 9.97. The van der Waals surface area contributed by atoms with Crippen LogP contribution in [0.2, 0.25) is 0 Å². The number of hydrogen-bond donors (Lipinski definition) is 1. The number of nitrogens with two attached hydrogens (primary N) is 1. The first-order valence-electron chi connectivity index (χ1n) is 5.74. The van der Waals surface area contributed by atoms with E-state index in [0.29, 0.717) is 22.9 Å². The molecule has 3 aromatic rings. The van der Waals surface area contributed by atoms with Crippen LogP contribution in [0.3, 0.4) is 0 Å². The van der Waals surface area contributed by atoms with E-state index in [1.165, 1.54) is 23.9 Å². The molecule has 0 fully saturated rings. The van der Waals surface area contributed by atoms with Gasteiger partial charge in [-0.2, -0.15) is 0 Å². The van der Waals surface area contributed by atoms with Crippen LogP contribution >= 0.6 is 11.8 Å². The van der Waals surface area contributed by atoms with Crippen LogP contribution in [0.25, 0.3) is 11.1 Å². The maximum absolute atomic E-state index is 13.0. The molecule has 5 heteroatoms. The highest BCUT2D eigenvalue weighted by Gasteiger charge is 2.06. The van der Waals surface area contributed by atoms with Crippen molar-refractivity contribution >= 4 is 28.5 Å². The molecule has 1 heterocycles. The SMILES string of the molecule is Nc1ccc2nc(CSc3cccc(F)c3)oc2c1. The highest BCUT2D eigenvalue weighted by molar-refractivity contribution is 7.98. The van der Waals surface area contributed by atoms with Crippen molar-refractivity contribution in [1.82, 2.24) is 4.98 Å². The Bertz CT molecular complexity index is 726. The van der Waals surface area contributed by atoms with Crippen LogP contribution in [0, 0.1) is 5.82 Å². The monoisotopic (exact) mass is 274 g/mol. The zero-order chi connectivity index (χ0) is 13.2. The van der Waals surface area contributed by atoms with Crippen LogP contribution < -0.4 is 5.73 Å². The van der Waals surface area contributed by atoms with Gasteiger partial charge in [-0.3, -0.25) is 0 Å².